The van der Waals surface area contributed by atoms with Gasteiger partial charge < -0.3 is 10.4 Å². The first-order valence-corrected chi connectivity index (χ1v) is 6.60. The second-order valence-electron chi connectivity index (χ2n) is 4.58. The number of carbonyl (C=O) groups is 2. The van der Waals surface area contributed by atoms with Crippen LogP contribution in [-0.4, -0.2) is 17.0 Å². The molecule has 0 aliphatic carbocycles. The summed E-state index contributed by atoms with van der Waals surface area (Å²) in [5, 5.41) is 12.1. The minimum atomic E-state index is -1.12. The van der Waals surface area contributed by atoms with Gasteiger partial charge in [-0.2, -0.15) is 0 Å². The predicted octanol–water partition coefficient (Wildman–Crippen LogP) is 3.02. The highest BCUT2D eigenvalue weighted by molar-refractivity contribution is 6.31. The Morgan fingerprint density at radius 1 is 1.37 bits per heavy atom. The molecule has 0 spiro atoms. The lowest BCUT2D eigenvalue weighted by Gasteiger charge is -2.17. The summed E-state index contributed by atoms with van der Waals surface area (Å²) < 4.78 is 0. The number of carboxylic acids is 1. The molecule has 2 N–H and O–H groups in total. The smallest absolute Gasteiger partial charge is 0.330 e. The monoisotopic (exact) mass is 283 g/mol. The number of hydrogen-bond acceptors (Lipinski definition) is 2. The first kappa shape index (κ1) is 15.5. The van der Waals surface area contributed by atoms with E-state index < -0.39 is 12.0 Å². The highest BCUT2D eigenvalue weighted by Gasteiger charge is 2.24. The number of amides is 1. The number of carbonyl (C=O) groups excluding carboxylic acids is 1. The van der Waals surface area contributed by atoms with Crippen molar-refractivity contribution < 1.29 is 14.7 Å². The van der Waals surface area contributed by atoms with E-state index >= 15 is 0 Å². The fourth-order valence-corrected chi connectivity index (χ4v) is 1.91. The quantitative estimate of drug-likeness (QED) is 0.843. The molecule has 1 rings (SSSR count). The van der Waals surface area contributed by atoms with Crippen molar-refractivity contribution in [3.63, 3.8) is 0 Å². The van der Waals surface area contributed by atoms with E-state index in [-0.39, 0.29) is 11.8 Å². The van der Waals surface area contributed by atoms with Gasteiger partial charge in [0, 0.05) is 17.0 Å². The van der Waals surface area contributed by atoms with Gasteiger partial charge in [0.1, 0.15) is 0 Å². The molecule has 0 radical (unpaired) electrons. The first-order chi connectivity index (χ1) is 8.95. The normalized spacial score (nSPS) is 13.6. The van der Waals surface area contributed by atoms with Crippen molar-refractivity contribution in [1.82, 2.24) is 5.32 Å². The van der Waals surface area contributed by atoms with Crippen LogP contribution in [0, 0.1) is 5.92 Å². The molecule has 0 saturated carbocycles. The average Bonchev–Trinajstić information content (AvgIpc) is 2.36. The van der Waals surface area contributed by atoms with E-state index in [1.54, 1.807) is 24.3 Å². The summed E-state index contributed by atoms with van der Waals surface area (Å²) in [6, 6.07) is 5.51. The highest BCUT2D eigenvalue weighted by atomic mass is 35.5. The Hall–Kier alpha value is -1.55. The molecule has 0 bridgehead atoms. The molecule has 1 aromatic carbocycles. The molecule has 0 saturated heterocycles. The van der Waals surface area contributed by atoms with E-state index in [1.807, 2.05) is 13.8 Å². The Kier molecular flexibility index (Phi) is 5.83. The standard InChI is InChI=1S/C14H18ClNO3/c1-3-9(2)8-12(17)16-13(14(18)19)10-6-4-5-7-11(10)15/h4-7,9,13H,3,8H2,1-2H3,(H,16,17)(H,18,19)/t9?,13-/m1/s1. The molecule has 0 fully saturated rings. The van der Waals surface area contributed by atoms with Crippen LogP contribution in [0.4, 0.5) is 0 Å². The summed E-state index contributed by atoms with van der Waals surface area (Å²) in [5.74, 6) is -1.17. The van der Waals surface area contributed by atoms with Crippen LogP contribution < -0.4 is 5.32 Å². The zero-order chi connectivity index (χ0) is 14.4. The number of halogens is 1. The lowest BCUT2D eigenvalue weighted by atomic mass is 10.0. The Balaban J connectivity index is 2.83. The topological polar surface area (TPSA) is 66.4 Å². The van der Waals surface area contributed by atoms with Gasteiger partial charge in [-0.05, 0) is 12.0 Å². The summed E-state index contributed by atoms with van der Waals surface area (Å²) in [4.78, 5) is 23.1. The van der Waals surface area contributed by atoms with Gasteiger partial charge in [0.25, 0.3) is 0 Å². The van der Waals surface area contributed by atoms with Crippen LogP contribution in [0.2, 0.25) is 5.02 Å². The van der Waals surface area contributed by atoms with Gasteiger partial charge in [-0.15, -0.1) is 0 Å². The predicted molar refractivity (Wildman–Crippen MR) is 74.0 cm³/mol. The fourth-order valence-electron chi connectivity index (χ4n) is 1.66. The zero-order valence-corrected chi connectivity index (χ0v) is 11.8. The molecule has 0 aromatic heterocycles. The second-order valence-corrected chi connectivity index (χ2v) is 4.99. The Morgan fingerprint density at radius 3 is 2.53 bits per heavy atom. The lowest BCUT2D eigenvalue weighted by molar-refractivity contribution is -0.142. The fraction of sp³-hybridized carbons (Fsp3) is 0.429. The number of rotatable bonds is 6. The lowest BCUT2D eigenvalue weighted by Crippen LogP contribution is -2.34. The largest absolute Gasteiger partial charge is 0.479 e. The molecule has 19 heavy (non-hydrogen) atoms. The van der Waals surface area contributed by atoms with Gasteiger partial charge >= 0.3 is 5.97 Å². The van der Waals surface area contributed by atoms with Gasteiger partial charge in [0.2, 0.25) is 5.91 Å². The van der Waals surface area contributed by atoms with Crippen LogP contribution in [-0.2, 0) is 9.59 Å². The number of benzene rings is 1. The summed E-state index contributed by atoms with van der Waals surface area (Å²) in [6.07, 6.45) is 1.18. The van der Waals surface area contributed by atoms with E-state index in [1.165, 1.54) is 0 Å². The molecule has 0 aliphatic rings. The molecule has 0 heterocycles. The molecule has 1 amide bonds. The van der Waals surface area contributed by atoms with Crippen LogP contribution in [0.15, 0.2) is 24.3 Å². The third kappa shape index (κ3) is 4.56. The van der Waals surface area contributed by atoms with Crippen molar-refractivity contribution >= 4 is 23.5 Å². The maximum atomic E-state index is 11.8. The SMILES string of the molecule is CCC(C)CC(=O)N[C@@H](C(=O)O)c1ccccc1Cl. The van der Waals surface area contributed by atoms with Gasteiger partial charge in [0.15, 0.2) is 6.04 Å². The summed E-state index contributed by atoms with van der Waals surface area (Å²) in [6.45, 7) is 3.94. The number of aliphatic carboxylic acids is 1. The number of carboxylic acid groups (broad SMARTS) is 1. The van der Waals surface area contributed by atoms with Crippen molar-refractivity contribution in [2.24, 2.45) is 5.92 Å². The number of nitrogens with one attached hydrogen (secondary N) is 1. The van der Waals surface area contributed by atoms with Crippen molar-refractivity contribution in [2.75, 3.05) is 0 Å². The molecule has 104 valence electrons. The highest BCUT2D eigenvalue weighted by Crippen LogP contribution is 2.23. The van der Waals surface area contributed by atoms with Crippen LogP contribution in [0.25, 0.3) is 0 Å². The molecule has 0 aliphatic heterocycles. The van der Waals surface area contributed by atoms with E-state index in [0.717, 1.165) is 6.42 Å². The summed E-state index contributed by atoms with van der Waals surface area (Å²) in [7, 11) is 0. The molecule has 2 atom stereocenters. The van der Waals surface area contributed by atoms with E-state index in [2.05, 4.69) is 5.32 Å². The summed E-state index contributed by atoms with van der Waals surface area (Å²) >= 11 is 5.96. The maximum absolute atomic E-state index is 11.8. The van der Waals surface area contributed by atoms with Crippen LogP contribution in [0.5, 0.6) is 0 Å². The van der Waals surface area contributed by atoms with Crippen molar-refractivity contribution in [3.05, 3.63) is 34.9 Å². The van der Waals surface area contributed by atoms with E-state index in [0.29, 0.717) is 17.0 Å². The van der Waals surface area contributed by atoms with Crippen LogP contribution in [0.1, 0.15) is 38.3 Å². The van der Waals surface area contributed by atoms with Gasteiger partial charge in [-0.25, -0.2) is 4.79 Å². The van der Waals surface area contributed by atoms with Gasteiger partial charge in [-0.1, -0.05) is 50.1 Å². The molecule has 5 heteroatoms. The number of hydrogen-bond donors (Lipinski definition) is 2. The van der Waals surface area contributed by atoms with Gasteiger partial charge in [0.05, 0.1) is 0 Å². The van der Waals surface area contributed by atoms with Gasteiger partial charge in [-0.3, -0.25) is 4.79 Å². The zero-order valence-electron chi connectivity index (χ0n) is 11.0. The second kappa shape index (κ2) is 7.14. The van der Waals surface area contributed by atoms with Crippen molar-refractivity contribution in [3.8, 4) is 0 Å². The molecule has 4 nitrogen and oxygen atoms in total. The van der Waals surface area contributed by atoms with Crippen molar-refractivity contribution in [1.29, 1.82) is 0 Å². The Bertz CT molecular complexity index is 462. The Morgan fingerprint density at radius 2 is 2.00 bits per heavy atom. The average molecular weight is 284 g/mol. The minimum Gasteiger partial charge on any atom is -0.479 e. The summed E-state index contributed by atoms with van der Waals surface area (Å²) in [5.41, 5.74) is 0.397. The van der Waals surface area contributed by atoms with E-state index in [4.69, 9.17) is 11.6 Å². The van der Waals surface area contributed by atoms with E-state index in [9.17, 15) is 14.7 Å². The van der Waals surface area contributed by atoms with Crippen LogP contribution in [0.3, 0.4) is 0 Å². The molecule has 1 aromatic rings. The third-order valence-electron chi connectivity index (χ3n) is 3.00. The molecule has 1 unspecified atom stereocenters. The molecular weight excluding hydrogens is 266 g/mol. The maximum Gasteiger partial charge on any atom is 0.330 e. The third-order valence-corrected chi connectivity index (χ3v) is 3.34. The minimum absolute atomic E-state index is 0.223. The Labute approximate surface area is 117 Å². The first-order valence-electron chi connectivity index (χ1n) is 6.22. The van der Waals surface area contributed by atoms with Crippen molar-refractivity contribution in [2.45, 2.75) is 32.7 Å². The molecular formula is C14H18ClNO3. The van der Waals surface area contributed by atoms with Crippen LogP contribution >= 0.6 is 11.6 Å².